The zero-order valence-corrected chi connectivity index (χ0v) is 15.6. The minimum Gasteiger partial charge on any atom is -0.495 e. The molecule has 2 aromatic rings. The van der Waals surface area contributed by atoms with Crippen molar-refractivity contribution >= 4 is 54.8 Å². The third-order valence-electron chi connectivity index (χ3n) is 2.93. The Bertz CT molecular complexity index is 825. The number of nitrogens with one attached hydrogen (secondary N) is 1. The van der Waals surface area contributed by atoms with Crippen LogP contribution >= 0.6 is 39.1 Å². The van der Waals surface area contributed by atoms with E-state index in [0.29, 0.717) is 11.4 Å². The first-order valence-corrected chi connectivity index (χ1v) is 9.10. The topological polar surface area (TPSA) is 55.4 Å². The summed E-state index contributed by atoms with van der Waals surface area (Å²) in [6, 6.07) is 7.92. The van der Waals surface area contributed by atoms with Crippen molar-refractivity contribution in [2.45, 2.75) is 11.8 Å². The third kappa shape index (κ3) is 3.51. The van der Waals surface area contributed by atoms with Crippen LogP contribution < -0.4 is 9.46 Å². The molecule has 118 valence electrons. The summed E-state index contributed by atoms with van der Waals surface area (Å²) in [5.41, 5.74) is 1.34. The fourth-order valence-electron chi connectivity index (χ4n) is 1.80. The van der Waals surface area contributed by atoms with E-state index < -0.39 is 10.0 Å². The molecule has 2 aromatic carbocycles. The van der Waals surface area contributed by atoms with Crippen LogP contribution in [0.5, 0.6) is 5.75 Å². The molecule has 2 rings (SSSR count). The number of rotatable bonds is 4. The van der Waals surface area contributed by atoms with Crippen LogP contribution in [-0.4, -0.2) is 15.5 Å². The monoisotopic (exact) mass is 423 g/mol. The molecular weight excluding hydrogens is 413 g/mol. The summed E-state index contributed by atoms with van der Waals surface area (Å²) in [6.07, 6.45) is 0. The van der Waals surface area contributed by atoms with Crippen molar-refractivity contribution in [1.29, 1.82) is 0 Å². The van der Waals surface area contributed by atoms with Crippen LogP contribution in [0.1, 0.15) is 5.56 Å². The predicted molar refractivity (Wildman–Crippen MR) is 92.7 cm³/mol. The molecule has 0 bridgehead atoms. The molecule has 4 nitrogen and oxygen atoms in total. The maximum atomic E-state index is 12.5. The van der Waals surface area contributed by atoms with Crippen molar-refractivity contribution in [2.24, 2.45) is 0 Å². The smallest absolute Gasteiger partial charge is 0.263 e. The Morgan fingerprint density at radius 3 is 2.41 bits per heavy atom. The van der Waals surface area contributed by atoms with Crippen molar-refractivity contribution in [3.63, 3.8) is 0 Å². The van der Waals surface area contributed by atoms with Crippen LogP contribution in [0.2, 0.25) is 10.0 Å². The van der Waals surface area contributed by atoms with Crippen molar-refractivity contribution < 1.29 is 13.2 Å². The summed E-state index contributed by atoms with van der Waals surface area (Å²) in [4.78, 5) is -0.111. The molecule has 0 fully saturated rings. The molecule has 0 aliphatic rings. The van der Waals surface area contributed by atoms with Crippen LogP contribution in [0, 0.1) is 6.92 Å². The Morgan fingerprint density at radius 2 is 1.82 bits per heavy atom. The van der Waals surface area contributed by atoms with E-state index in [9.17, 15) is 8.42 Å². The highest BCUT2D eigenvalue weighted by Gasteiger charge is 2.22. The number of methoxy groups -OCH3 is 1. The van der Waals surface area contributed by atoms with Gasteiger partial charge < -0.3 is 4.74 Å². The molecule has 0 aromatic heterocycles. The Balaban J connectivity index is 2.42. The van der Waals surface area contributed by atoms with Crippen molar-refractivity contribution in [3.05, 3.63) is 50.4 Å². The zero-order valence-electron chi connectivity index (χ0n) is 11.7. The molecule has 0 spiro atoms. The van der Waals surface area contributed by atoms with Gasteiger partial charge in [-0.2, -0.15) is 0 Å². The van der Waals surface area contributed by atoms with Gasteiger partial charge in [-0.15, -0.1) is 0 Å². The van der Waals surface area contributed by atoms with Crippen LogP contribution in [0.25, 0.3) is 0 Å². The van der Waals surface area contributed by atoms with Gasteiger partial charge in [0.2, 0.25) is 0 Å². The van der Waals surface area contributed by atoms with Crippen LogP contribution in [0.15, 0.2) is 39.7 Å². The number of sulfonamides is 1. The number of hydrogen-bond acceptors (Lipinski definition) is 3. The number of benzene rings is 2. The molecule has 22 heavy (non-hydrogen) atoms. The van der Waals surface area contributed by atoms with E-state index in [1.54, 1.807) is 18.2 Å². The van der Waals surface area contributed by atoms with Gasteiger partial charge in [-0.05, 0) is 42.8 Å². The lowest BCUT2D eigenvalue weighted by molar-refractivity contribution is 0.414. The van der Waals surface area contributed by atoms with Crippen molar-refractivity contribution in [2.75, 3.05) is 11.8 Å². The molecule has 0 radical (unpaired) electrons. The number of hydrogen-bond donors (Lipinski definition) is 1. The Kier molecular flexibility index (Phi) is 5.27. The first-order chi connectivity index (χ1) is 10.3. The zero-order chi connectivity index (χ0) is 16.5. The Hall–Kier alpha value is -0.950. The number of anilines is 1. The maximum Gasteiger partial charge on any atom is 0.263 e. The quantitative estimate of drug-likeness (QED) is 0.761. The average molecular weight is 425 g/mol. The van der Waals surface area contributed by atoms with E-state index in [0.717, 1.165) is 10.0 Å². The second-order valence-electron chi connectivity index (χ2n) is 4.46. The molecule has 0 atom stereocenters. The second-order valence-corrected chi connectivity index (χ2v) is 7.72. The first-order valence-electron chi connectivity index (χ1n) is 6.07. The van der Waals surface area contributed by atoms with Gasteiger partial charge in [0.1, 0.15) is 15.7 Å². The lowest BCUT2D eigenvalue weighted by Crippen LogP contribution is -2.13. The summed E-state index contributed by atoms with van der Waals surface area (Å²) in [5.74, 6) is 0.310. The van der Waals surface area contributed by atoms with Gasteiger partial charge >= 0.3 is 0 Å². The van der Waals surface area contributed by atoms with Gasteiger partial charge in [-0.3, -0.25) is 4.72 Å². The van der Waals surface area contributed by atoms with Crippen molar-refractivity contribution in [1.82, 2.24) is 0 Å². The van der Waals surface area contributed by atoms with E-state index in [2.05, 4.69) is 20.7 Å². The SMILES string of the molecule is COc1ccc(S(=O)(=O)Nc2ccc(Br)c(C)c2)c(Cl)c1Cl. The number of aryl methyl sites for hydroxylation is 1. The van der Waals surface area contributed by atoms with Crippen LogP contribution in [0.3, 0.4) is 0 Å². The van der Waals surface area contributed by atoms with Crippen LogP contribution in [-0.2, 0) is 10.0 Å². The lowest BCUT2D eigenvalue weighted by Gasteiger charge is -2.12. The molecule has 1 N–H and O–H groups in total. The van der Waals surface area contributed by atoms with E-state index in [-0.39, 0.29) is 14.9 Å². The summed E-state index contributed by atoms with van der Waals surface area (Å²) in [5, 5.41) is -0.0265. The minimum atomic E-state index is -3.86. The molecule has 0 saturated carbocycles. The molecule has 8 heteroatoms. The highest BCUT2D eigenvalue weighted by molar-refractivity contribution is 9.10. The molecular formula is C14H12BrCl2NO3S. The summed E-state index contributed by atoms with van der Waals surface area (Å²) in [6.45, 7) is 1.86. The van der Waals surface area contributed by atoms with Gasteiger partial charge in [0.25, 0.3) is 10.0 Å². The normalized spacial score (nSPS) is 11.3. The second kappa shape index (κ2) is 6.66. The fraction of sp³-hybridized carbons (Fsp3) is 0.143. The Morgan fingerprint density at radius 1 is 1.14 bits per heavy atom. The predicted octanol–water partition coefficient (Wildman–Crippen LogP) is 4.87. The minimum absolute atomic E-state index is 0.0547. The van der Waals surface area contributed by atoms with Crippen molar-refractivity contribution in [3.8, 4) is 5.75 Å². The standard InChI is InChI=1S/C14H12BrCl2NO3S/c1-8-7-9(3-4-10(8)15)18-22(19,20)12-6-5-11(21-2)13(16)14(12)17/h3-7,18H,1-2H3. The third-order valence-corrected chi connectivity index (χ3v) is 6.22. The van der Waals surface area contributed by atoms with E-state index >= 15 is 0 Å². The molecule has 0 aliphatic heterocycles. The molecule has 0 amide bonds. The summed E-state index contributed by atoms with van der Waals surface area (Å²) < 4.78 is 33.3. The Labute approximate surface area is 147 Å². The lowest BCUT2D eigenvalue weighted by atomic mass is 10.2. The molecule has 0 aliphatic carbocycles. The largest absolute Gasteiger partial charge is 0.495 e. The van der Waals surface area contributed by atoms with E-state index in [1.807, 2.05) is 6.92 Å². The number of ether oxygens (including phenoxy) is 1. The van der Waals surface area contributed by atoms with E-state index in [4.69, 9.17) is 27.9 Å². The van der Waals surface area contributed by atoms with Gasteiger partial charge in [0.15, 0.2) is 0 Å². The summed E-state index contributed by atoms with van der Waals surface area (Å²) >= 11 is 15.4. The highest BCUT2D eigenvalue weighted by atomic mass is 79.9. The average Bonchev–Trinajstić information content (AvgIpc) is 2.45. The van der Waals surface area contributed by atoms with Crippen LogP contribution in [0.4, 0.5) is 5.69 Å². The fourth-order valence-corrected chi connectivity index (χ4v) is 3.94. The van der Waals surface area contributed by atoms with Gasteiger partial charge in [-0.1, -0.05) is 39.1 Å². The molecule has 0 unspecified atom stereocenters. The number of halogens is 3. The molecule has 0 heterocycles. The maximum absolute atomic E-state index is 12.5. The first kappa shape index (κ1) is 17.4. The van der Waals surface area contributed by atoms with Gasteiger partial charge in [0, 0.05) is 10.2 Å². The highest BCUT2D eigenvalue weighted by Crippen LogP contribution is 2.37. The van der Waals surface area contributed by atoms with E-state index in [1.165, 1.54) is 19.2 Å². The van der Waals surface area contributed by atoms with Gasteiger partial charge in [-0.25, -0.2) is 8.42 Å². The van der Waals surface area contributed by atoms with Gasteiger partial charge in [0.05, 0.1) is 12.1 Å². The summed E-state index contributed by atoms with van der Waals surface area (Å²) in [7, 11) is -2.43. The molecule has 0 saturated heterocycles.